The summed E-state index contributed by atoms with van der Waals surface area (Å²) in [6, 6.07) is 0. The van der Waals surface area contributed by atoms with Gasteiger partial charge in [-0.05, 0) is 45.3 Å². The molecule has 4 heteroatoms. The number of aromatic nitrogens is 2. The molecule has 2 heterocycles. The number of rotatable bonds is 5. The van der Waals surface area contributed by atoms with Gasteiger partial charge in [-0.25, -0.2) is 4.98 Å². The van der Waals surface area contributed by atoms with Crippen molar-refractivity contribution in [3.8, 4) is 0 Å². The van der Waals surface area contributed by atoms with Crippen LogP contribution in [-0.2, 0) is 6.54 Å². The van der Waals surface area contributed by atoms with Gasteiger partial charge in [0.05, 0.1) is 0 Å². The average Bonchev–Trinajstić information content (AvgIpc) is 2.75. The van der Waals surface area contributed by atoms with Crippen LogP contribution in [0.4, 0.5) is 0 Å². The number of aryl methyl sites for hydroxylation is 1. The second kappa shape index (κ2) is 5.85. The molecule has 0 unspecified atom stereocenters. The van der Waals surface area contributed by atoms with Gasteiger partial charge in [0.15, 0.2) is 0 Å². The number of hydrogen-bond acceptors (Lipinski definition) is 3. The van der Waals surface area contributed by atoms with Crippen LogP contribution < -0.4 is 5.32 Å². The van der Waals surface area contributed by atoms with Crippen LogP contribution in [0.2, 0.25) is 0 Å². The van der Waals surface area contributed by atoms with Gasteiger partial charge in [-0.1, -0.05) is 6.92 Å². The second-order valence-corrected chi connectivity index (χ2v) is 5.96. The third kappa shape index (κ3) is 3.56. The smallest absolute Gasteiger partial charge is 0.105 e. The summed E-state index contributed by atoms with van der Waals surface area (Å²) < 4.78 is 2.20. The molecule has 4 nitrogen and oxygen atoms in total. The zero-order valence-corrected chi connectivity index (χ0v) is 11.9. The molecule has 0 saturated carbocycles. The van der Waals surface area contributed by atoms with Gasteiger partial charge in [-0.15, -0.1) is 0 Å². The molecule has 1 aromatic rings. The van der Waals surface area contributed by atoms with Crippen LogP contribution in [0.1, 0.15) is 25.6 Å². The van der Waals surface area contributed by atoms with E-state index in [-0.39, 0.29) is 0 Å². The van der Waals surface area contributed by atoms with Gasteiger partial charge in [0.1, 0.15) is 5.82 Å². The largest absolute Gasteiger partial charge is 0.334 e. The Morgan fingerprint density at radius 3 is 2.72 bits per heavy atom. The monoisotopic (exact) mass is 250 g/mol. The number of nitrogens with zero attached hydrogens (tertiary/aromatic N) is 3. The first-order valence-corrected chi connectivity index (χ1v) is 6.96. The number of nitrogens with one attached hydrogen (secondary N) is 1. The molecule has 1 N–H and O–H groups in total. The fourth-order valence-electron chi connectivity index (χ4n) is 2.56. The van der Waals surface area contributed by atoms with E-state index in [1.807, 2.05) is 12.4 Å². The van der Waals surface area contributed by atoms with Crippen molar-refractivity contribution in [1.82, 2.24) is 19.8 Å². The Bertz CT molecular complexity index is 364. The van der Waals surface area contributed by atoms with Crippen molar-refractivity contribution in [3.63, 3.8) is 0 Å². The van der Waals surface area contributed by atoms with Gasteiger partial charge < -0.3 is 14.8 Å². The highest BCUT2D eigenvalue weighted by Crippen LogP contribution is 2.29. The van der Waals surface area contributed by atoms with E-state index in [1.165, 1.54) is 25.9 Å². The van der Waals surface area contributed by atoms with E-state index >= 15 is 0 Å². The quantitative estimate of drug-likeness (QED) is 0.804. The van der Waals surface area contributed by atoms with Crippen LogP contribution >= 0.6 is 0 Å². The first kappa shape index (κ1) is 13.6. The molecule has 1 aliphatic heterocycles. The Kier molecular flexibility index (Phi) is 4.40. The van der Waals surface area contributed by atoms with Crippen LogP contribution in [-0.4, -0.2) is 47.7 Å². The number of likely N-dealkylation sites (tertiary alicyclic amines) is 1. The molecule has 1 aromatic heterocycles. The summed E-state index contributed by atoms with van der Waals surface area (Å²) in [5.74, 6) is 1.10. The van der Waals surface area contributed by atoms with E-state index < -0.39 is 0 Å². The molecular formula is C14H26N4. The lowest BCUT2D eigenvalue weighted by molar-refractivity contribution is 0.137. The summed E-state index contributed by atoms with van der Waals surface area (Å²) in [7, 11) is 2.22. The Hall–Kier alpha value is -0.870. The van der Waals surface area contributed by atoms with Gasteiger partial charge in [-0.2, -0.15) is 0 Å². The molecule has 0 spiro atoms. The maximum absolute atomic E-state index is 4.24. The van der Waals surface area contributed by atoms with E-state index in [1.54, 1.807) is 0 Å². The molecule has 18 heavy (non-hydrogen) atoms. The maximum Gasteiger partial charge on any atom is 0.105 e. The molecule has 0 aromatic carbocycles. The van der Waals surface area contributed by atoms with Crippen molar-refractivity contribution >= 4 is 0 Å². The van der Waals surface area contributed by atoms with Crippen molar-refractivity contribution in [2.24, 2.45) is 5.41 Å². The Labute approximate surface area is 110 Å². The normalized spacial score (nSPS) is 20.2. The first-order valence-electron chi connectivity index (χ1n) is 6.96. The molecule has 0 radical (unpaired) electrons. The van der Waals surface area contributed by atoms with Gasteiger partial charge in [0.25, 0.3) is 0 Å². The highest BCUT2D eigenvalue weighted by Gasteiger charge is 2.28. The zero-order chi connectivity index (χ0) is 13.0. The molecule has 0 bridgehead atoms. The van der Waals surface area contributed by atoms with E-state index in [2.05, 4.69) is 40.7 Å². The van der Waals surface area contributed by atoms with Gasteiger partial charge in [0, 0.05) is 32.0 Å². The summed E-state index contributed by atoms with van der Waals surface area (Å²) in [5.41, 5.74) is 0.483. The van der Waals surface area contributed by atoms with Crippen molar-refractivity contribution < 1.29 is 0 Å². The lowest BCUT2D eigenvalue weighted by Gasteiger charge is -2.38. The third-order valence-corrected chi connectivity index (χ3v) is 4.20. The molecule has 1 saturated heterocycles. The summed E-state index contributed by atoms with van der Waals surface area (Å²) in [6.45, 7) is 10.1. The average molecular weight is 250 g/mol. The predicted octanol–water partition coefficient (Wildman–Crippen LogP) is 1.51. The van der Waals surface area contributed by atoms with E-state index in [9.17, 15) is 0 Å². The molecule has 1 fully saturated rings. The molecule has 0 amide bonds. The Morgan fingerprint density at radius 2 is 2.11 bits per heavy atom. The lowest BCUT2D eigenvalue weighted by Crippen LogP contribution is -2.42. The van der Waals surface area contributed by atoms with Crippen LogP contribution in [0.15, 0.2) is 12.4 Å². The van der Waals surface area contributed by atoms with Gasteiger partial charge >= 0.3 is 0 Å². The molecular weight excluding hydrogens is 224 g/mol. The topological polar surface area (TPSA) is 33.1 Å². The van der Waals surface area contributed by atoms with Crippen molar-refractivity contribution in [2.45, 2.75) is 33.2 Å². The van der Waals surface area contributed by atoms with Crippen molar-refractivity contribution in [3.05, 3.63) is 18.2 Å². The number of piperidine rings is 1. The first-order chi connectivity index (χ1) is 8.59. The maximum atomic E-state index is 4.24. The lowest BCUT2D eigenvalue weighted by atomic mass is 9.80. The fourth-order valence-corrected chi connectivity index (χ4v) is 2.56. The summed E-state index contributed by atoms with van der Waals surface area (Å²) in [4.78, 5) is 6.66. The summed E-state index contributed by atoms with van der Waals surface area (Å²) in [5, 5.41) is 3.61. The Balaban J connectivity index is 1.67. The zero-order valence-electron chi connectivity index (χ0n) is 11.9. The minimum Gasteiger partial charge on any atom is -0.334 e. The predicted molar refractivity (Wildman–Crippen MR) is 74.7 cm³/mol. The van der Waals surface area contributed by atoms with Crippen LogP contribution in [0.25, 0.3) is 0 Å². The van der Waals surface area contributed by atoms with Crippen molar-refractivity contribution in [1.29, 1.82) is 0 Å². The standard InChI is InChI=1S/C14H26N4/c1-13-16-7-11-18(13)10-6-15-12-14(2)4-8-17(3)9-5-14/h7,11,15H,4-6,8-10,12H2,1-3H3. The summed E-state index contributed by atoms with van der Waals surface area (Å²) >= 11 is 0. The van der Waals surface area contributed by atoms with Gasteiger partial charge in [0.2, 0.25) is 0 Å². The van der Waals surface area contributed by atoms with Gasteiger partial charge in [-0.3, -0.25) is 0 Å². The number of imidazole rings is 1. The molecule has 102 valence electrons. The van der Waals surface area contributed by atoms with Crippen molar-refractivity contribution in [2.75, 3.05) is 33.2 Å². The molecule has 0 atom stereocenters. The molecule has 1 aliphatic rings. The van der Waals surface area contributed by atoms with E-state index in [0.29, 0.717) is 5.41 Å². The second-order valence-electron chi connectivity index (χ2n) is 5.96. The molecule has 2 rings (SSSR count). The third-order valence-electron chi connectivity index (χ3n) is 4.20. The minimum atomic E-state index is 0.483. The highest BCUT2D eigenvalue weighted by atomic mass is 15.1. The SMILES string of the molecule is Cc1nccn1CCNCC1(C)CCN(C)CC1. The van der Waals surface area contributed by atoms with Crippen LogP contribution in [0.5, 0.6) is 0 Å². The van der Waals surface area contributed by atoms with E-state index in [0.717, 1.165) is 25.5 Å². The Morgan fingerprint density at radius 1 is 1.39 bits per heavy atom. The van der Waals surface area contributed by atoms with E-state index in [4.69, 9.17) is 0 Å². The van der Waals surface area contributed by atoms with Crippen LogP contribution in [0, 0.1) is 12.3 Å². The minimum absolute atomic E-state index is 0.483. The highest BCUT2D eigenvalue weighted by molar-refractivity contribution is 4.88. The van der Waals surface area contributed by atoms with Crippen LogP contribution in [0.3, 0.4) is 0 Å². The molecule has 0 aliphatic carbocycles. The number of hydrogen-bond donors (Lipinski definition) is 1. The fraction of sp³-hybridized carbons (Fsp3) is 0.786. The summed E-state index contributed by atoms with van der Waals surface area (Å²) in [6.07, 6.45) is 6.53.